The molecule has 1 saturated heterocycles. The van der Waals surface area contributed by atoms with Crippen molar-refractivity contribution in [1.82, 2.24) is 4.31 Å². The first-order chi connectivity index (χ1) is 12.0. The second kappa shape index (κ2) is 8.02. The molecule has 5 heteroatoms. The predicted molar refractivity (Wildman–Crippen MR) is 100 cm³/mol. The van der Waals surface area contributed by atoms with Gasteiger partial charge in [0.25, 0.3) is 0 Å². The molecule has 0 amide bonds. The number of para-hydroxylation sites is 1. The fraction of sp³-hybridized carbons (Fsp3) is 0.400. The molecule has 0 spiro atoms. The molecule has 134 valence electrons. The number of aryl methyl sites for hydroxylation is 1. The summed E-state index contributed by atoms with van der Waals surface area (Å²) in [6.45, 7) is 3.81. The summed E-state index contributed by atoms with van der Waals surface area (Å²) in [5.74, 6) is 1.36. The van der Waals surface area contributed by atoms with E-state index in [1.807, 2.05) is 61.5 Å². The first-order valence-electron chi connectivity index (χ1n) is 8.74. The van der Waals surface area contributed by atoms with Crippen molar-refractivity contribution in [2.45, 2.75) is 25.5 Å². The zero-order chi connectivity index (χ0) is 17.7. The maximum atomic E-state index is 12.6. The van der Waals surface area contributed by atoms with Crippen LogP contribution in [0.2, 0.25) is 0 Å². The third-order valence-corrected chi connectivity index (χ3v) is 6.52. The molecule has 1 aliphatic heterocycles. The Morgan fingerprint density at radius 3 is 2.28 bits per heavy atom. The fourth-order valence-corrected chi connectivity index (χ4v) is 4.63. The quantitative estimate of drug-likeness (QED) is 0.791. The molecule has 0 radical (unpaired) electrons. The molecule has 0 N–H and O–H groups in total. The average molecular weight is 359 g/mol. The molecule has 3 rings (SSSR count). The molecule has 1 fully saturated rings. The van der Waals surface area contributed by atoms with E-state index in [0.717, 1.165) is 29.7 Å². The SMILES string of the molecule is Cc1ccc(CS(=O)(=O)N2CCC(COc3ccccc3)CC2)cc1. The number of hydrogen-bond donors (Lipinski definition) is 0. The molecule has 4 nitrogen and oxygen atoms in total. The highest BCUT2D eigenvalue weighted by Gasteiger charge is 2.28. The van der Waals surface area contributed by atoms with Crippen LogP contribution in [-0.2, 0) is 15.8 Å². The van der Waals surface area contributed by atoms with Crippen LogP contribution in [0.4, 0.5) is 0 Å². The van der Waals surface area contributed by atoms with Gasteiger partial charge >= 0.3 is 0 Å². The van der Waals surface area contributed by atoms with E-state index in [9.17, 15) is 8.42 Å². The number of sulfonamides is 1. The van der Waals surface area contributed by atoms with Crippen LogP contribution < -0.4 is 4.74 Å². The summed E-state index contributed by atoms with van der Waals surface area (Å²) in [7, 11) is -3.25. The summed E-state index contributed by atoms with van der Waals surface area (Å²) in [5.41, 5.74) is 1.99. The van der Waals surface area contributed by atoms with E-state index in [4.69, 9.17) is 4.74 Å². The summed E-state index contributed by atoms with van der Waals surface area (Å²) in [5, 5.41) is 0. The molecular formula is C20H25NO3S. The lowest BCUT2D eigenvalue weighted by atomic mass is 9.99. The number of ether oxygens (including phenoxy) is 1. The summed E-state index contributed by atoms with van der Waals surface area (Å²) in [6.07, 6.45) is 1.69. The second-order valence-electron chi connectivity index (χ2n) is 6.71. The lowest BCUT2D eigenvalue weighted by molar-refractivity contribution is 0.185. The Kier molecular flexibility index (Phi) is 5.76. The largest absolute Gasteiger partial charge is 0.493 e. The van der Waals surface area contributed by atoms with Gasteiger partial charge in [-0.3, -0.25) is 0 Å². The third kappa shape index (κ3) is 5.06. The van der Waals surface area contributed by atoms with E-state index in [1.54, 1.807) is 4.31 Å². The van der Waals surface area contributed by atoms with Gasteiger partial charge in [-0.15, -0.1) is 0 Å². The topological polar surface area (TPSA) is 46.6 Å². The molecule has 0 aromatic heterocycles. The molecule has 1 aliphatic rings. The highest BCUT2D eigenvalue weighted by molar-refractivity contribution is 7.88. The van der Waals surface area contributed by atoms with Gasteiger partial charge in [-0.1, -0.05) is 48.0 Å². The zero-order valence-corrected chi connectivity index (χ0v) is 15.4. The molecule has 2 aromatic carbocycles. The monoisotopic (exact) mass is 359 g/mol. The first-order valence-corrected chi connectivity index (χ1v) is 10.3. The Morgan fingerprint density at radius 1 is 1.00 bits per heavy atom. The van der Waals surface area contributed by atoms with Crippen molar-refractivity contribution in [2.75, 3.05) is 19.7 Å². The Hall–Kier alpha value is -1.85. The summed E-state index contributed by atoms with van der Waals surface area (Å²) >= 11 is 0. The van der Waals surface area contributed by atoms with Crippen LogP contribution in [0.15, 0.2) is 54.6 Å². The lowest BCUT2D eigenvalue weighted by Crippen LogP contribution is -2.40. The van der Waals surface area contributed by atoms with Gasteiger partial charge in [0.1, 0.15) is 5.75 Å². The van der Waals surface area contributed by atoms with Gasteiger partial charge in [0.05, 0.1) is 12.4 Å². The molecule has 0 aliphatic carbocycles. The van der Waals surface area contributed by atoms with Crippen LogP contribution >= 0.6 is 0 Å². The van der Waals surface area contributed by atoms with E-state index in [-0.39, 0.29) is 5.75 Å². The average Bonchev–Trinajstić information content (AvgIpc) is 2.63. The maximum Gasteiger partial charge on any atom is 0.218 e. The normalized spacial score (nSPS) is 16.7. The van der Waals surface area contributed by atoms with Crippen LogP contribution in [0, 0.1) is 12.8 Å². The highest BCUT2D eigenvalue weighted by atomic mass is 32.2. The summed E-state index contributed by atoms with van der Waals surface area (Å²) in [4.78, 5) is 0. The standard InChI is InChI=1S/C20H25NO3S/c1-17-7-9-19(10-8-17)16-25(22,23)21-13-11-18(12-14-21)15-24-20-5-3-2-4-6-20/h2-10,18H,11-16H2,1H3. The minimum atomic E-state index is -3.25. The maximum absolute atomic E-state index is 12.6. The van der Waals surface area contributed by atoms with E-state index in [2.05, 4.69) is 0 Å². The van der Waals surface area contributed by atoms with Crippen molar-refractivity contribution in [3.8, 4) is 5.75 Å². The third-order valence-electron chi connectivity index (χ3n) is 4.67. The number of benzene rings is 2. The van der Waals surface area contributed by atoms with Crippen molar-refractivity contribution < 1.29 is 13.2 Å². The van der Waals surface area contributed by atoms with Gasteiger partial charge in [-0.05, 0) is 43.4 Å². The van der Waals surface area contributed by atoms with E-state index < -0.39 is 10.0 Å². The van der Waals surface area contributed by atoms with E-state index in [0.29, 0.717) is 25.6 Å². The van der Waals surface area contributed by atoms with Crippen molar-refractivity contribution in [2.24, 2.45) is 5.92 Å². The van der Waals surface area contributed by atoms with Crippen molar-refractivity contribution in [3.63, 3.8) is 0 Å². The summed E-state index contributed by atoms with van der Waals surface area (Å²) in [6, 6.07) is 17.5. The van der Waals surface area contributed by atoms with Crippen LogP contribution in [-0.4, -0.2) is 32.4 Å². The van der Waals surface area contributed by atoms with Gasteiger partial charge in [-0.25, -0.2) is 12.7 Å². The van der Waals surface area contributed by atoms with Gasteiger partial charge in [-0.2, -0.15) is 0 Å². The Bertz CT molecular complexity index is 764. The van der Waals surface area contributed by atoms with Crippen LogP contribution in [0.1, 0.15) is 24.0 Å². The molecule has 2 aromatic rings. The van der Waals surface area contributed by atoms with Crippen molar-refractivity contribution >= 4 is 10.0 Å². The highest BCUT2D eigenvalue weighted by Crippen LogP contribution is 2.23. The zero-order valence-electron chi connectivity index (χ0n) is 14.6. The Labute approximate surface area is 150 Å². The van der Waals surface area contributed by atoms with Gasteiger partial charge < -0.3 is 4.74 Å². The molecular weight excluding hydrogens is 334 g/mol. The first kappa shape index (κ1) is 18.0. The molecule has 25 heavy (non-hydrogen) atoms. The molecule has 0 bridgehead atoms. The van der Waals surface area contributed by atoms with Crippen molar-refractivity contribution in [3.05, 3.63) is 65.7 Å². The Morgan fingerprint density at radius 2 is 1.64 bits per heavy atom. The van der Waals surface area contributed by atoms with Crippen LogP contribution in [0.3, 0.4) is 0 Å². The van der Waals surface area contributed by atoms with E-state index >= 15 is 0 Å². The van der Waals surface area contributed by atoms with Gasteiger partial charge in [0.2, 0.25) is 10.0 Å². The lowest BCUT2D eigenvalue weighted by Gasteiger charge is -2.31. The smallest absolute Gasteiger partial charge is 0.218 e. The minimum Gasteiger partial charge on any atom is -0.493 e. The number of hydrogen-bond acceptors (Lipinski definition) is 3. The predicted octanol–water partition coefficient (Wildman–Crippen LogP) is 3.62. The second-order valence-corrected chi connectivity index (χ2v) is 8.68. The molecule has 0 saturated carbocycles. The number of piperidine rings is 1. The number of nitrogens with zero attached hydrogens (tertiary/aromatic N) is 1. The van der Waals surface area contributed by atoms with Crippen LogP contribution in [0.5, 0.6) is 5.75 Å². The summed E-state index contributed by atoms with van der Waals surface area (Å²) < 4.78 is 32.7. The minimum absolute atomic E-state index is 0.0818. The van der Waals surface area contributed by atoms with E-state index in [1.165, 1.54) is 0 Å². The van der Waals surface area contributed by atoms with Crippen molar-refractivity contribution in [1.29, 1.82) is 0 Å². The van der Waals surface area contributed by atoms with Gasteiger partial charge in [0.15, 0.2) is 0 Å². The molecule has 0 atom stereocenters. The molecule has 1 heterocycles. The Balaban J connectivity index is 1.50. The van der Waals surface area contributed by atoms with Gasteiger partial charge in [0, 0.05) is 13.1 Å². The number of rotatable bonds is 6. The van der Waals surface area contributed by atoms with Crippen LogP contribution in [0.25, 0.3) is 0 Å². The fourth-order valence-electron chi connectivity index (χ4n) is 3.07. The molecule has 0 unspecified atom stereocenters.